The first kappa shape index (κ1) is 12.3. The highest BCUT2D eigenvalue weighted by Gasteiger charge is 2.08. The second-order valence-corrected chi connectivity index (χ2v) is 4.85. The zero-order valence-electron chi connectivity index (χ0n) is 8.86. The van der Waals surface area contributed by atoms with Gasteiger partial charge in [0.05, 0.1) is 5.02 Å². The maximum Gasteiger partial charge on any atom is 0.167 e. The molecule has 0 aliphatic rings. The molecule has 0 saturated heterocycles. The van der Waals surface area contributed by atoms with Crippen molar-refractivity contribution in [1.82, 2.24) is 4.98 Å². The normalized spacial score (nSPS) is 10.2. The molecule has 0 saturated carbocycles. The monoisotopic (exact) mass is 309 g/mol. The highest BCUT2D eigenvalue weighted by molar-refractivity contribution is 9.10. The molecule has 0 atom stereocenters. The number of halogens is 2. The van der Waals surface area contributed by atoms with Crippen molar-refractivity contribution in [3.05, 3.63) is 63.3 Å². The standard InChI is InChI=1S/C13H9BrClNO/c14-11-2-1-10(8-12(11)15)13(17)7-9-3-5-16-6-4-9/h1-6,8H,7H2. The number of carbonyl (C=O) groups is 1. The first-order chi connectivity index (χ1) is 8.16. The van der Waals surface area contributed by atoms with E-state index in [0.29, 0.717) is 17.0 Å². The molecule has 0 aliphatic heterocycles. The molecule has 1 heterocycles. The summed E-state index contributed by atoms with van der Waals surface area (Å²) in [6.07, 6.45) is 3.72. The summed E-state index contributed by atoms with van der Waals surface area (Å²) >= 11 is 9.25. The lowest BCUT2D eigenvalue weighted by Crippen LogP contribution is -2.03. The van der Waals surface area contributed by atoms with Crippen molar-refractivity contribution in [1.29, 1.82) is 0 Å². The van der Waals surface area contributed by atoms with Gasteiger partial charge in [-0.3, -0.25) is 9.78 Å². The first-order valence-electron chi connectivity index (χ1n) is 5.04. The summed E-state index contributed by atoms with van der Waals surface area (Å²) in [5.74, 6) is 0.0469. The van der Waals surface area contributed by atoms with Crippen LogP contribution in [0.15, 0.2) is 47.2 Å². The Bertz CT molecular complexity index is 542. The molecule has 2 rings (SSSR count). The number of rotatable bonds is 3. The Balaban J connectivity index is 2.18. The average Bonchev–Trinajstić information content (AvgIpc) is 2.34. The number of benzene rings is 1. The van der Waals surface area contributed by atoms with Gasteiger partial charge in [0, 0.05) is 28.9 Å². The van der Waals surface area contributed by atoms with Crippen LogP contribution >= 0.6 is 27.5 Å². The van der Waals surface area contributed by atoms with Crippen LogP contribution in [0.5, 0.6) is 0 Å². The molecular weight excluding hydrogens is 302 g/mol. The molecule has 0 bridgehead atoms. The number of aromatic nitrogens is 1. The molecule has 0 amide bonds. The van der Waals surface area contributed by atoms with E-state index >= 15 is 0 Å². The zero-order chi connectivity index (χ0) is 12.3. The minimum atomic E-state index is 0.0469. The number of ketones is 1. The topological polar surface area (TPSA) is 30.0 Å². The van der Waals surface area contributed by atoms with E-state index in [1.807, 2.05) is 12.1 Å². The van der Waals surface area contributed by atoms with Crippen molar-refractivity contribution >= 4 is 33.3 Å². The van der Waals surface area contributed by atoms with Gasteiger partial charge in [0.25, 0.3) is 0 Å². The highest BCUT2D eigenvalue weighted by atomic mass is 79.9. The Morgan fingerprint density at radius 3 is 2.59 bits per heavy atom. The number of hydrogen-bond acceptors (Lipinski definition) is 2. The fraction of sp³-hybridized carbons (Fsp3) is 0.0769. The molecule has 0 spiro atoms. The third-order valence-electron chi connectivity index (χ3n) is 2.36. The van der Waals surface area contributed by atoms with Crippen LogP contribution < -0.4 is 0 Å². The SMILES string of the molecule is O=C(Cc1ccncc1)c1ccc(Br)c(Cl)c1. The maximum absolute atomic E-state index is 12.0. The minimum Gasteiger partial charge on any atom is -0.294 e. The summed E-state index contributed by atoms with van der Waals surface area (Å²) in [5.41, 5.74) is 1.57. The molecule has 0 fully saturated rings. The summed E-state index contributed by atoms with van der Waals surface area (Å²) in [5, 5.41) is 0.547. The van der Waals surface area contributed by atoms with E-state index in [1.165, 1.54) is 0 Å². The Hall–Kier alpha value is -1.19. The van der Waals surface area contributed by atoms with Crippen LogP contribution in [0.3, 0.4) is 0 Å². The second-order valence-electron chi connectivity index (χ2n) is 3.58. The molecule has 1 aromatic heterocycles. The summed E-state index contributed by atoms with van der Waals surface area (Å²) < 4.78 is 0.791. The lowest BCUT2D eigenvalue weighted by Gasteiger charge is -2.03. The minimum absolute atomic E-state index is 0.0469. The highest BCUT2D eigenvalue weighted by Crippen LogP contribution is 2.23. The maximum atomic E-state index is 12.0. The number of pyridine rings is 1. The third-order valence-corrected chi connectivity index (χ3v) is 3.59. The number of Topliss-reactive ketones (excluding diaryl/α,β-unsaturated/α-hetero) is 1. The molecule has 0 aliphatic carbocycles. The van der Waals surface area contributed by atoms with E-state index in [1.54, 1.807) is 30.6 Å². The van der Waals surface area contributed by atoms with Crippen molar-refractivity contribution in [3.8, 4) is 0 Å². The third kappa shape index (κ3) is 3.14. The molecule has 0 N–H and O–H groups in total. The first-order valence-corrected chi connectivity index (χ1v) is 6.21. The summed E-state index contributed by atoms with van der Waals surface area (Å²) in [6.45, 7) is 0. The van der Waals surface area contributed by atoms with E-state index in [9.17, 15) is 4.79 Å². The van der Waals surface area contributed by atoms with Crippen molar-refractivity contribution in [2.24, 2.45) is 0 Å². The van der Waals surface area contributed by atoms with Crippen LogP contribution in [0.2, 0.25) is 5.02 Å². The Morgan fingerprint density at radius 1 is 1.24 bits per heavy atom. The lowest BCUT2D eigenvalue weighted by molar-refractivity contribution is 0.0993. The van der Waals surface area contributed by atoms with Gasteiger partial charge in [-0.25, -0.2) is 0 Å². The average molecular weight is 311 g/mol. The van der Waals surface area contributed by atoms with Gasteiger partial charge in [-0.1, -0.05) is 17.7 Å². The molecule has 0 radical (unpaired) electrons. The quantitative estimate of drug-likeness (QED) is 0.804. The van der Waals surface area contributed by atoms with E-state index in [2.05, 4.69) is 20.9 Å². The van der Waals surface area contributed by atoms with E-state index < -0.39 is 0 Å². The summed E-state index contributed by atoms with van der Waals surface area (Å²) in [7, 11) is 0. The molecular formula is C13H9BrClNO. The van der Waals surface area contributed by atoms with E-state index in [4.69, 9.17) is 11.6 Å². The Labute approximate surface area is 113 Å². The van der Waals surface area contributed by atoms with Gasteiger partial charge < -0.3 is 0 Å². The summed E-state index contributed by atoms with van der Waals surface area (Å²) in [4.78, 5) is 15.9. The van der Waals surface area contributed by atoms with Crippen molar-refractivity contribution in [2.45, 2.75) is 6.42 Å². The summed E-state index contributed by atoms with van der Waals surface area (Å²) in [6, 6.07) is 8.88. The predicted octanol–water partition coefficient (Wildman–Crippen LogP) is 3.92. The smallest absolute Gasteiger partial charge is 0.167 e. The Morgan fingerprint density at radius 2 is 1.94 bits per heavy atom. The molecule has 1 aromatic carbocycles. The second kappa shape index (κ2) is 5.43. The van der Waals surface area contributed by atoms with Crippen molar-refractivity contribution in [2.75, 3.05) is 0 Å². The van der Waals surface area contributed by atoms with Crippen LogP contribution in [-0.2, 0) is 6.42 Å². The van der Waals surface area contributed by atoms with Crippen molar-refractivity contribution < 1.29 is 4.79 Å². The van der Waals surface area contributed by atoms with Gasteiger partial charge in [0.2, 0.25) is 0 Å². The van der Waals surface area contributed by atoms with Crippen LogP contribution in [0.1, 0.15) is 15.9 Å². The fourth-order valence-electron chi connectivity index (χ4n) is 1.46. The Kier molecular flexibility index (Phi) is 3.92. The molecule has 0 unspecified atom stereocenters. The number of carbonyl (C=O) groups excluding carboxylic acids is 1. The molecule has 17 heavy (non-hydrogen) atoms. The predicted molar refractivity (Wildman–Crippen MR) is 71.4 cm³/mol. The van der Waals surface area contributed by atoms with Gasteiger partial charge in [-0.15, -0.1) is 0 Å². The van der Waals surface area contributed by atoms with Crippen LogP contribution in [0.4, 0.5) is 0 Å². The van der Waals surface area contributed by atoms with Gasteiger partial charge in [-0.2, -0.15) is 0 Å². The fourth-order valence-corrected chi connectivity index (χ4v) is 1.88. The van der Waals surface area contributed by atoms with Crippen LogP contribution in [0.25, 0.3) is 0 Å². The number of nitrogens with zero attached hydrogens (tertiary/aromatic N) is 1. The van der Waals surface area contributed by atoms with Gasteiger partial charge in [0.15, 0.2) is 5.78 Å². The molecule has 2 nitrogen and oxygen atoms in total. The molecule has 2 aromatic rings. The van der Waals surface area contributed by atoms with Gasteiger partial charge in [-0.05, 0) is 45.8 Å². The molecule has 86 valence electrons. The van der Waals surface area contributed by atoms with Gasteiger partial charge in [0.1, 0.15) is 0 Å². The van der Waals surface area contributed by atoms with Crippen LogP contribution in [-0.4, -0.2) is 10.8 Å². The van der Waals surface area contributed by atoms with E-state index in [0.717, 1.165) is 10.0 Å². The molecule has 4 heteroatoms. The largest absolute Gasteiger partial charge is 0.294 e. The van der Waals surface area contributed by atoms with Crippen LogP contribution in [0, 0.1) is 0 Å². The lowest BCUT2D eigenvalue weighted by atomic mass is 10.0. The van der Waals surface area contributed by atoms with Gasteiger partial charge >= 0.3 is 0 Å². The van der Waals surface area contributed by atoms with Crippen molar-refractivity contribution in [3.63, 3.8) is 0 Å². The van der Waals surface area contributed by atoms with E-state index in [-0.39, 0.29) is 5.78 Å². The zero-order valence-corrected chi connectivity index (χ0v) is 11.2. The number of hydrogen-bond donors (Lipinski definition) is 0.